The van der Waals surface area contributed by atoms with Gasteiger partial charge in [-0.2, -0.15) is 0 Å². The minimum atomic E-state index is 1.08. The number of hydrogen-bond donors (Lipinski definition) is 0. The fourth-order valence-corrected chi connectivity index (χ4v) is 0.521. The normalized spacial score (nSPS) is 17.1. The van der Waals surface area contributed by atoms with Crippen molar-refractivity contribution >= 4 is 0 Å². The van der Waals surface area contributed by atoms with E-state index in [-0.39, 0.29) is 0 Å². The molecular weight excluding hydrogens is 84.1 g/mol. The van der Waals surface area contributed by atoms with Gasteiger partial charge in [0.1, 0.15) is 0 Å². The van der Waals surface area contributed by atoms with E-state index in [2.05, 4.69) is 24.3 Å². The van der Waals surface area contributed by atoms with Gasteiger partial charge >= 0.3 is 0 Å². The first kappa shape index (κ1) is 4.38. The molecule has 0 radical (unpaired) electrons. The Hall–Kier alpha value is -0.780. The lowest BCUT2D eigenvalue weighted by molar-refractivity contribution is 1.41. The van der Waals surface area contributed by atoms with Crippen molar-refractivity contribution in [1.82, 2.24) is 0 Å². The quantitative estimate of drug-likeness (QED) is 0.429. The first-order valence-electron chi connectivity index (χ1n) is 2.48. The molecule has 0 aromatic carbocycles. The second kappa shape index (κ2) is 2.40. The molecule has 0 aromatic heterocycles. The molecule has 0 bridgehead atoms. The average Bonchev–Trinajstić information content (AvgIpc) is 1.90. The average molecular weight is 92.1 g/mol. The lowest BCUT2D eigenvalue weighted by Crippen LogP contribution is -1.48. The topological polar surface area (TPSA) is 0 Å². The minimum Gasteiger partial charge on any atom is -0.0807 e. The molecule has 0 N–H and O–H groups in total. The molecule has 1 rings (SSSR count). The molecule has 36 valence electrons. The number of hydrogen-bond acceptors (Lipinski definition) is 0. The Labute approximate surface area is 43.9 Å². The third-order valence-corrected chi connectivity index (χ3v) is 0.878. The first-order valence-corrected chi connectivity index (χ1v) is 2.48. The lowest BCUT2D eigenvalue weighted by Gasteiger charge is -1.69. The van der Waals surface area contributed by atoms with E-state index in [0.29, 0.717) is 0 Å². The van der Waals surface area contributed by atoms with Crippen LogP contribution in [0.5, 0.6) is 0 Å². The van der Waals surface area contributed by atoms with Crippen LogP contribution in [0.2, 0.25) is 0 Å². The van der Waals surface area contributed by atoms with Crippen molar-refractivity contribution in [3.63, 3.8) is 0 Å². The lowest BCUT2D eigenvalue weighted by atomic mass is 10.4. The minimum absolute atomic E-state index is 1.08. The monoisotopic (exact) mass is 92.1 g/mol. The molecule has 0 saturated carbocycles. The molecule has 0 heteroatoms. The summed E-state index contributed by atoms with van der Waals surface area (Å²) in [5.41, 5.74) is 0. The molecule has 0 nitrogen and oxygen atoms in total. The van der Waals surface area contributed by atoms with E-state index in [9.17, 15) is 0 Å². The first-order chi connectivity index (χ1) is 3.50. The zero-order valence-corrected chi connectivity index (χ0v) is 4.17. The van der Waals surface area contributed by atoms with Crippen LogP contribution in [0.1, 0.15) is 6.42 Å². The molecule has 0 amide bonds. The van der Waals surface area contributed by atoms with Crippen LogP contribution in [0.15, 0.2) is 36.5 Å². The largest absolute Gasteiger partial charge is 0.0807 e. The van der Waals surface area contributed by atoms with Crippen LogP contribution < -0.4 is 0 Å². The molecular formula is C7H8. The highest BCUT2D eigenvalue weighted by Crippen LogP contribution is 1.91. The Kier molecular flexibility index (Phi) is 1.50. The van der Waals surface area contributed by atoms with Crippen molar-refractivity contribution in [2.75, 3.05) is 0 Å². The van der Waals surface area contributed by atoms with Gasteiger partial charge in [-0.15, -0.1) is 0 Å². The molecule has 0 fully saturated rings. The SMILES string of the molecule is C1=CC=CCC=C1. The summed E-state index contributed by atoms with van der Waals surface area (Å²) in [7, 11) is 0. The smallest absolute Gasteiger partial charge is 0.0163 e. The number of allylic oxidation sites excluding steroid dienone is 6. The Bertz CT molecular complexity index is 102. The van der Waals surface area contributed by atoms with Crippen molar-refractivity contribution in [2.24, 2.45) is 0 Å². The van der Waals surface area contributed by atoms with Gasteiger partial charge in [-0.3, -0.25) is 0 Å². The third-order valence-electron chi connectivity index (χ3n) is 0.878. The molecule has 0 heterocycles. The van der Waals surface area contributed by atoms with Crippen molar-refractivity contribution in [3.8, 4) is 0 Å². The summed E-state index contributed by atoms with van der Waals surface area (Å²) in [6.45, 7) is 0. The van der Waals surface area contributed by atoms with E-state index < -0.39 is 0 Å². The molecule has 0 spiro atoms. The fourth-order valence-electron chi connectivity index (χ4n) is 0.521. The Morgan fingerprint density at radius 1 is 0.714 bits per heavy atom. The molecule has 0 aromatic rings. The van der Waals surface area contributed by atoms with Gasteiger partial charge in [0.2, 0.25) is 0 Å². The van der Waals surface area contributed by atoms with Crippen molar-refractivity contribution in [3.05, 3.63) is 36.5 Å². The molecule has 0 aliphatic heterocycles. The summed E-state index contributed by atoms with van der Waals surface area (Å²) in [6.07, 6.45) is 13.5. The Morgan fingerprint density at radius 3 is 1.86 bits per heavy atom. The standard InChI is InChI=1S/C7H8/c1-2-4-6-7-5-3-1/h1-6H,7H2. The highest BCUT2D eigenvalue weighted by molar-refractivity contribution is 5.16. The van der Waals surface area contributed by atoms with Gasteiger partial charge in [-0.1, -0.05) is 36.5 Å². The Morgan fingerprint density at radius 2 is 1.29 bits per heavy atom. The summed E-state index contributed by atoms with van der Waals surface area (Å²) < 4.78 is 0. The van der Waals surface area contributed by atoms with Crippen LogP contribution in [0.4, 0.5) is 0 Å². The fraction of sp³-hybridized carbons (Fsp3) is 0.143. The highest BCUT2D eigenvalue weighted by Gasteiger charge is 1.70. The third kappa shape index (κ3) is 1.40. The van der Waals surface area contributed by atoms with Crippen molar-refractivity contribution in [1.29, 1.82) is 0 Å². The summed E-state index contributed by atoms with van der Waals surface area (Å²) in [6, 6.07) is 0. The van der Waals surface area contributed by atoms with E-state index in [4.69, 9.17) is 0 Å². The van der Waals surface area contributed by atoms with E-state index in [1.165, 1.54) is 0 Å². The maximum absolute atomic E-state index is 2.12. The van der Waals surface area contributed by atoms with Gasteiger partial charge in [0.25, 0.3) is 0 Å². The summed E-state index contributed by atoms with van der Waals surface area (Å²) in [4.78, 5) is 0. The highest BCUT2D eigenvalue weighted by atomic mass is 13.8. The van der Waals surface area contributed by atoms with Gasteiger partial charge in [-0.05, 0) is 6.42 Å². The van der Waals surface area contributed by atoms with Crippen LogP contribution in [-0.4, -0.2) is 0 Å². The van der Waals surface area contributed by atoms with Gasteiger partial charge in [-0.25, -0.2) is 0 Å². The zero-order valence-electron chi connectivity index (χ0n) is 4.17. The van der Waals surface area contributed by atoms with E-state index in [0.717, 1.165) is 6.42 Å². The predicted octanol–water partition coefficient (Wildman–Crippen LogP) is 2.06. The Balaban J connectivity index is 2.60. The van der Waals surface area contributed by atoms with Crippen molar-refractivity contribution in [2.45, 2.75) is 6.42 Å². The maximum atomic E-state index is 2.12. The van der Waals surface area contributed by atoms with Crippen LogP contribution >= 0.6 is 0 Å². The molecule has 7 heavy (non-hydrogen) atoms. The van der Waals surface area contributed by atoms with E-state index in [1.807, 2.05) is 12.2 Å². The number of rotatable bonds is 0. The van der Waals surface area contributed by atoms with Gasteiger partial charge in [0.15, 0.2) is 0 Å². The summed E-state index contributed by atoms with van der Waals surface area (Å²) in [5.74, 6) is 0. The molecule has 0 unspecified atom stereocenters. The van der Waals surface area contributed by atoms with Crippen LogP contribution in [-0.2, 0) is 0 Å². The second-order valence-corrected chi connectivity index (χ2v) is 1.48. The zero-order chi connectivity index (χ0) is 4.95. The van der Waals surface area contributed by atoms with E-state index in [1.54, 1.807) is 0 Å². The summed E-state index contributed by atoms with van der Waals surface area (Å²) >= 11 is 0. The van der Waals surface area contributed by atoms with Crippen molar-refractivity contribution < 1.29 is 0 Å². The van der Waals surface area contributed by atoms with Gasteiger partial charge in [0, 0.05) is 0 Å². The molecule has 1 aliphatic carbocycles. The van der Waals surface area contributed by atoms with Crippen LogP contribution in [0, 0.1) is 0 Å². The van der Waals surface area contributed by atoms with Gasteiger partial charge in [0.05, 0.1) is 0 Å². The van der Waals surface area contributed by atoms with E-state index >= 15 is 0 Å². The molecule has 0 atom stereocenters. The second-order valence-electron chi connectivity index (χ2n) is 1.48. The summed E-state index contributed by atoms with van der Waals surface area (Å²) in [5, 5.41) is 0. The van der Waals surface area contributed by atoms with Gasteiger partial charge < -0.3 is 0 Å². The molecule has 1 aliphatic rings. The maximum Gasteiger partial charge on any atom is -0.0163 e. The predicted molar refractivity (Wildman–Crippen MR) is 32.0 cm³/mol. The van der Waals surface area contributed by atoms with Crippen LogP contribution in [0.25, 0.3) is 0 Å². The molecule has 0 saturated heterocycles. The van der Waals surface area contributed by atoms with Crippen LogP contribution in [0.3, 0.4) is 0 Å².